The Balaban J connectivity index is 0.00000256. The van der Waals surface area contributed by atoms with E-state index in [1.54, 1.807) is 20.8 Å². The van der Waals surface area contributed by atoms with Gasteiger partial charge in [-0.1, -0.05) is 26.8 Å². The normalized spacial score (nSPS) is 15.0. The van der Waals surface area contributed by atoms with E-state index in [-0.39, 0.29) is 18.0 Å². The molecule has 2 nitrogen and oxygen atoms in total. The van der Waals surface area contributed by atoms with Gasteiger partial charge in [0.1, 0.15) is 11.6 Å². The molecule has 17 heavy (non-hydrogen) atoms. The molecule has 0 aromatic heterocycles. The predicted octanol–water partition coefficient (Wildman–Crippen LogP) is 2.79. The van der Waals surface area contributed by atoms with Crippen LogP contribution in [0.15, 0.2) is 18.2 Å². The Bertz CT molecular complexity index is 359. The Kier molecular flexibility index (Phi) is 5.52. The molecule has 5 heteroatoms. The van der Waals surface area contributed by atoms with Crippen LogP contribution in [0.25, 0.3) is 0 Å². The Hall–Kier alpha value is -0.710. The fourth-order valence-electron chi connectivity index (χ4n) is 1.53. The molecule has 98 valence electrons. The van der Waals surface area contributed by atoms with Crippen LogP contribution in [0, 0.1) is 17.0 Å². The van der Waals surface area contributed by atoms with Crippen molar-refractivity contribution in [3.05, 3.63) is 35.4 Å². The number of halogens is 3. The molecule has 0 aliphatic carbocycles. The van der Waals surface area contributed by atoms with Gasteiger partial charge in [0.15, 0.2) is 0 Å². The molecule has 0 unspecified atom stereocenters. The van der Waals surface area contributed by atoms with Crippen molar-refractivity contribution in [2.75, 3.05) is 0 Å². The van der Waals surface area contributed by atoms with Crippen LogP contribution in [0.4, 0.5) is 8.78 Å². The zero-order valence-corrected chi connectivity index (χ0v) is 10.9. The number of benzene rings is 1. The van der Waals surface area contributed by atoms with Crippen molar-refractivity contribution >= 4 is 12.4 Å². The number of aliphatic hydroxyl groups excluding tert-OH is 1. The molecule has 2 atom stereocenters. The lowest BCUT2D eigenvalue weighted by atomic mass is 9.82. The molecule has 0 spiro atoms. The Morgan fingerprint density at radius 3 is 1.94 bits per heavy atom. The fraction of sp³-hybridized carbons (Fsp3) is 0.500. The number of rotatable bonds is 2. The molecular weight excluding hydrogens is 248 g/mol. The molecule has 0 amide bonds. The second-order valence-corrected chi connectivity index (χ2v) is 4.97. The first-order valence-electron chi connectivity index (χ1n) is 5.12. The summed E-state index contributed by atoms with van der Waals surface area (Å²) < 4.78 is 26.8. The molecule has 0 bridgehead atoms. The first kappa shape index (κ1) is 16.3. The van der Waals surface area contributed by atoms with Crippen molar-refractivity contribution in [3.8, 4) is 0 Å². The highest BCUT2D eigenvalue weighted by Gasteiger charge is 2.32. The van der Waals surface area contributed by atoms with Gasteiger partial charge in [0.2, 0.25) is 0 Å². The van der Waals surface area contributed by atoms with E-state index in [9.17, 15) is 13.9 Å². The topological polar surface area (TPSA) is 46.2 Å². The zero-order chi connectivity index (χ0) is 12.5. The van der Waals surface area contributed by atoms with Crippen molar-refractivity contribution < 1.29 is 13.9 Å². The van der Waals surface area contributed by atoms with E-state index in [0.717, 1.165) is 12.1 Å². The first-order valence-corrected chi connectivity index (χ1v) is 5.12. The van der Waals surface area contributed by atoms with Crippen molar-refractivity contribution in [3.63, 3.8) is 0 Å². The van der Waals surface area contributed by atoms with Crippen LogP contribution in [0.2, 0.25) is 0 Å². The molecule has 0 radical (unpaired) electrons. The van der Waals surface area contributed by atoms with Crippen LogP contribution >= 0.6 is 12.4 Å². The maximum Gasteiger partial charge on any atom is 0.131 e. The van der Waals surface area contributed by atoms with Gasteiger partial charge in [-0.2, -0.15) is 0 Å². The van der Waals surface area contributed by atoms with Gasteiger partial charge in [0.05, 0.1) is 12.1 Å². The number of hydrogen-bond donors (Lipinski definition) is 2. The quantitative estimate of drug-likeness (QED) is 0.864. The summed E-state index contributed by atoms with van der Waals surface area (Å²) in [5.41, 5.74) is 4.90. The van der Waals surface area contributed by atoms with E-state index < -0.39 is 29.2 Å². The van der Waals surface area contributed by atoms with Crippen LogP contribution in [-0.2, 0) is 0 Å². The summed E-state index contributed by atoms with van der Waals surface area (Å²) in [6.07, 6.45) is -1.01. The lowest BCUT2D eigenvalue weighted by Gasteiger charge is -2.31. The zero-order valence-electron chi connectivity index (χ0n) is 10.1. The van der Waals surface area contributed by atoms with Gasteiger partial charge >= 0.3 is 0 Å². The molecule has 0 heterocycles. The summed E-state index contributed by atoms with van der Waals surface area (Å²) in [6.45, 7) is 5.28. The number of aliphatic hydroxyl groups is 1. The third-order valence-electron chi connectivity index (χ3n) is 2.56. The Labute approximate surface area is 106 Å². The van der Waals surface area contributed by atoms with Crippen molar-refractivity contribution in [2.45, 2.75) is 32.9 Å². The van der Waals surface area contributed by atoms with Gasteiger partial charge < -0.3 is 10.8 Å². The minimum absolute atomic E-state index is 0. The summed E-state index contributed by atoms with van der Waals surface area (Å²) in [4.78, 5) is 0. The number of hydrogen-bond acceptors (Lipinski definition) is 2. The predicted molar refractivity (Wildman–Crippen MR) is 66.0 cm³/mol. The first-order chi connectivity index (χ1) is 7.25. The van der Waals surface area contributed by atoms with Crippen molar-refractivity contribution in [2.24, 2.45) is 11.1 Å². The van der Waals surface area contributed by atoms with Crippen LogP contribution in [-0.4, -0.2) is 11.2 Å². The molecule has 0 aliphatic heterocycles. The van der Waals surface area contributed by atoms with Crippen LogP contribution in [0.1, 0.15) is 32.4 Å². The maximum absolute atomic E-state index is 13.4. The second-order valence-electron chi connectivity index (χ2n) is 4.97. The molecule has 0 saturated carbocycles. The van der Waals surface area contributed by atoms with Gasteiger partial charge in [-0.25, -0.2) is 8.78 Å². The molecule has 3 N–H and O–H groups in total. The van der Waals surface area contributed by atoms with E-state index in [4.69, 9.17) is 5.73 Å². The Morgan fingerprint density at radius 1 is 1.18 bits per heavy atom. The van der Waals surface area contributed by atoms with Gasteiger partial charge in [0.25, 0.3) is 0 Å². The highest BCUT2D eigenvalue weighted by Crippen LogP contribution is 2.30. The van der Waals surface area contributed by atoms with E-state index in [1.807, 2.05) is 0 Å². The standard InChI is InChI=1S/C12H17F2NO.ClH/c1-12(2,3)11(16)10(15)9-7(13)5-4-6-8(9)14;/h4-6,10-11,16H,15H2,1-3H3;1H/t10-,11-;/m0./s1. The molecule has 0 saturated heterocycles. The molecule has 0 aliphatic rings. The van der Waals surface area contributed by atoms with Crippen LogP contribution in [0.3, 0.4) is 0 Å². The van der Waals surface area contributed by atoms with Gasteiger partial charge in [-0.3, -0.25) is 0 Å². The average Bonchev–Trinajstić information content (AvgIpc) is 2.14. The second kappa shape index (κ2) is 5.76. The van der Waals surface area contributed by atoms with Crippen LogP contribution < -0.4 is 5.73 Å². The highest BCUT2D eigenvalue weighted by molar-refractivity contribution is 5.85. The summed E-state index contributed by atoms with van der Waals surface area (Å²) >= 11 is 0. The lowest BCUT2D eigenvalue weighted by molar-refractivity contribution is 0.0381. The maximum atomic E-state index is 13.4. The smallest absolute Gasteiger partial charge is 0.131 e. The summed E-state index contributed by atoms with van der Waals surface area (Å²) in [5, 5.41) is 9.90. The van der Waals surface area contributed by atoms with Gasteiger partial charge in [-0.15, -0.1) is 12.4 Å². The summed E-state index contributed by atoms with van der Waals surface area (Å²) in [6, 6.07) is 2.47. The van der Waals surface area contributed by atoms with E-state index in [0.29, 0.717) is 0 Å². The monoisotopic (exact) mass is 265 g/mol. The Morgan fingerprint density at radius 2 is 1.59 bits per heavy atom. The van der Waals surface area contributed by atoms with Crippen molar-refractivity contribution in [1.82, 2.24) is 0 Å². The molecule has 1 aromatic carbocycles. The minimum Gasteiger partial charge on any atom is -0.391 e. The van der Waals surface area contributed by atoms with Crippen molar-refractivity contribution in [1.29, 1.82) is 0 Å². The molecular formula is C12H18ClF2NO. The summed E-state index contributed by atoms with van der Waals surface area (Å²) in [7, 11) is 0. The molecule has 0 fully saturated rings. The molecule has 1 rings (SSSR count). The van der Waals surface area contributed by atoms with E-state index in [1.165, 1.54) is 6.07 Å². The summed E-state index contributed by atoms with van der Waals surface area (Å²) in [5.74, 6) is -1.45. The van der Waals surface area contributed by atoms with E-state index >= 15 is 0 Å². The third kappa shape index (κ3) is 3.63. The van der Waals surface area contributed by atoms with Crippen LogP contribution in [0.5, 0.6) is 0 Å². The van der Waals surface area contributed by atoms with Gasteiger partial charge in [-0.05, 0) is 17.5 Å². The lowest BCUT2D eigenvalue weighted by Crippen LogP contribution is -2.37. The van der Waals surface area contributed by atoms with Gasteiger partial charge in [0, 0.05) is 5.56 Å². The fourth-order valence-corrected chi connectivity index (χ4v) is 1.53. The SMILES string of the molecule is CC(C)(C)[C@@H](O)[C@@H](N)c1c(F)cccc1F.Cl. The highest BCUT2D eigenvalue weighted by atomic mass is 35.5. The molecule has 1 aromatic rings. The van der Waals surface area contributed by atoms with E-state index in [2.05, 4.69) is 0 Å². The minimum atomic E-state index is -1.07. The average molecular weight is 266 g/mol. The third-order valence-corrected chi connectivity index (χ3v) is 2.56. The largest absolute Gasteiger partial charge is 0.391 e. The number of nitrogens with two attached hydrogens (primary N) is 1.